The van der Waals surface area contributed by atoms with Crippen molar-refractivity contribution in [1.29, 1.82) is 0 Å². The van der Waals surface area contributed by atoms with Gasteiger partial charge in [-0.3, -0.25) is 4.79 Å². The van der Waals surface area contributed by atoms with Gasteiger partial charge < -0.3 is 14.0 Å². The van der Waals surface area contributed by atoms with Crippen LogP contribution < -0.4 is 10.5 Å². The van der Waals surface area contributed by atoms with Gasteiger partial charge in [0, 0.05) is 50.7 Å². The molecule has 27 heavy (non-hydrogen) atoms. The van der Waals surface area contributed by atoms with Crippen molar-refractivity contribution in [3.63, 3.8) is 0 Å². The lowest BCUT2D eigenvalue weighted by molar-refractivity contribution is 0.511. The molecular weight excluding hydrogens is 334 g/mol. The number of fused-ring (bicyclic) bond motifs is 3. The minimum Gasteiger partial charge on any atom is -0.366 e. The van der Waals surface area contributed by atoms with Gasteiger partial charge in [-0.25, -0.2) is 0 Å². The SMILES string of the molecule is Cn1ccc(N2CCc3c(cc4n3CCCC4)C2)c(-c2ccccc2)c1=O. The fourth-order valence-corrected chi connectivity index (χ4v) is 4.69. The van der Waals surface area contributed by atoms with Crippen LogP contribution in [-0.4, -0.2) is 15.7 Å². The summed E-state index contributed by atoms with van der Waals surface area (Å²) in [5.41, 5.74) is 7.40. The molecule has 5 rings (SSSR count). The second-order valence-electron chi connectivity index (χ2n) is 7.75. The summed E-state index contributed by atoms with van der Waals surface area (Å²) in [6.07, 6.45) is 6.75. The highest BCUT2D eigenvalue weighted by Crippen LogP contribution is 2.33. The first kappa shape index (κ1) is 16.4. The maximum absolute atomic E-state index is 13.0. The van der Waals surface area contributed by atoms with Gasteiger partial charge in [0.25, 0.3) is 5.56 Å². The van der Waals surface area contributed by atoms with E-state index in [9.17, 15) is 4.79 Å². The van der Waals surface area contributed by atoms with Crippen LogP contribution in [0.25, 0.3) is 11.1 Å². The summed E-state index contributed by atoms with van der Waals surface area (Å²) in [6.45, 7) is 3.03. The first-order chi connectivity index (χ1) is 13.2. The molecule has 2 aliphatic rings. The number of nitrogens with zero attached hydrogens (tertiary/aromatic N) is 3. The molecule has 0 aliphatic carbocycles. The molecule has 1 aromatic carbocycles. The molecule has 4 nitrogen and oxygen atoms in total. The standard InChI is InChI=1S/C23H25N3O/c1-24-13-10-21(22(23(24)27)17-7-3-2-4-8-17)25-14-11-20-18(16-25)15-19-9-5-6-12-26(19)20/h2-4,7-8,10,13,15H,5-6,9,11-12,14,16H2,1H3. The van der Waals surface area contributed by atoms with Gasteiger partial charge >= 0.3 is 0 Å². The summed E-state index contributed by atoms with van der Waals surface area (Å²) in [5, 5.41) is 0. The van der Waals surface area contributed by atoms with Crippen molar-refractivity contribution in [1.82, 2.24) is 9.13 Å². The van der Waals surface area contributed by atoms with Crippen molar-refractivity contribution >= 4 is 5.69 Å². The predicted molar refractivity (Wildman–Crippen MR) is 109 cm³/mol. The van der Waals surface area contributed by atoms with Gasteiger partial charge in [-0.2, -0.15) is 0 Å². The van der Waals surface area contributed by atoms with E-state index in [1.165, 1.54) is 42.8 Å². The van der Waals surface area contributed by atoms with E-state index in [0.717, 1.165) is 36.3 Å². The quantitative estimate of drug-likeness (QED) is 0.697. The molecule has 0 fully saturated rings. The number of hydrogen-bond donors (Lipinski definition) is 0. The first-order valence-electron chi connectivity index (χ1n) is 9.92. The van der Waals surface area contributed by atoms with Crippen LogP contribution in [0.2, 0.25) is 0 Å². The van der Waals surface area contributed by atoms with E-state index < -0.39 is 0 Å². The molecule has 0 spiro atoms. The predicted octanol–water partition coefficient (Wildman–Crippen LogP) is 3.75. The molecule has 2 aliphatic heterocycles. The molecule has 0 radical (unpaired) electrons. The van der Waals surface area contributed by atoms with E-state index in [-0.39, 0.29) is 5.56 Å². The summed E-state index contributed by atoms with van der Waals surface area (Å²) in [4.78, 5) is 15.4. The first-order valence-corrected chi connectivity index (χ1v) is 9.92. The molecule has 138 valence electrons. The molecule has 4 heteroatoms. The topological polar surface area (TPSA) is 30.2 Å². The summed E-state index contributed by atoms with van der Waals surface area (Å²) in [5.74, 6) is 0. The minimum atomic E-state index is 0.0701. The minimum absolute atomic E-state index is 0.0701. The molecule has 0 saturated carbocycles. The Morgan fingerprint density at radius 3 is 2.67 bits per heavy atom. The molecule has 0 saturated heterocycles. The van der Waals surface area contributed by atoms with Gasteiger partial charge in [0.05, 0.1) is 11.3 Å². The second kappa shape index (κ2) is 6.45. The van der Waals surface area contributed by atoms with Crippen LogP contribution in [0, 0.1) is 0 Å². The maximum atomic E-state index is 13.0. The van der Waals surface area contributed by atoms with E-state index in [2.05, 4.69) is 21.6 Å². The van der Waals surface area contributed by atoms with Crippen molar-refractivity contribution in [3.8, 4) is 11.1 Å². The van der Waals surface area contributed by atoms with Crippen LogP contribution in [0.3, 0.4) is 0 Å². The molecule has 0 unspecified atom stereocenters. The van der Waals surface area contributed by atoms with Gasteiger partial charge in [-0.05, 0) is 42.5 Å². The third-order valence-electron chi connectivity index (χ3n) is 6.08. The lowest BCUT2D eigenvalue weighted by Gasteiger charge is -2.32. The number of aryl methyl sites for hydroxylation is 2. The zero-order valence-electron chi connectivity index (χ0n) is 15.8. The van der Waals surface area contributed by atoms with E-state index in [1.807, 2.05) is 43.6 Å². The lowest BCUT2D eigenvalue weighted by atomic mass is 10.0. The van der Waals surface area contributed by atoms with Gasteiger partial charge in [-0.1, -0.05) is 30.3 Å². The molecule has 4 heterocycles. The molecule has 0 N–H and O–H groups in total. The number of hydrogen-bond acceptors (Lipinski definition) is 2. The summed E-state index contributed by atoms with van der Waals surface area (Å²) < 4.78 is 4.23. The van der Waals surface area contributed by atoms with E-state index in [0.29, 0.717) is 0 Å². The Balaban J connectivity index is 1.57. The fraction of sp³-hybridized carbons (Fsp3) is 0.348. The number of anilines is 1. The van der Waals surface area contributed by atoms with E-state index >= 15 is 0 Å². The number of aromatic nitrogens is 2. The Labute approximate surface area is 159 Å². The van der Waals surface area contributed by atoms with Crippen LogP contribution in [0.4, 0.5) is 5.69 Å². The average molecular weight is 359 g/mol. The largest absolute Gasteiger partial charge is 0.366 e. The van der Waals surface area contributed by atoms with Gasteiger partial charge in [0.2, 0.25) is 0 Å². The normalized spacial score (nSPS) is 16.1. The smallest absolute Gasteiger partial charge is 0.260 e. The highest BCUT2D eigenvalue weighted by atomic mass is 16.1. The Kier molecular flexibility index (Phi) is 3.92. The number of benzene rings is 1. The van der Waals surface area contributed by atoms with Crippen molar-refractivity contribution in [2.45, 2.75) is 38.8 Å². The Morgan fingerprint density at radius 1 is 0.963 bits per heavy atom. The highest BCUT2D eigenvalue weighted by molar-refractivity contribution is 5.78. The molecule has 0 amide bonds. The van der Waals surface area contributed by atoms with Crippen LogP contribution in [0.5, 0.6) is 0 Å². The number of pyridine rings is 1. The van der Waals surface area contributed by atoms with Crippen molar-refractivity contribution in [2.24, 2.45) is 7.05 Å². The maximum Gasteiger partial charge on any atom is 0.260 e. The molecule has 0 atom stereocenters. The highest BCUT2D eigenvalue weighted by Gasteiger charge is 2.26. The van der Waals surface area contributed by atoms with Gasteiger partial charge in [0.1, 0.15) is 0 Å². The third-order valence-corrected chi connectivity index (χ3v) is 6.08. The zero-order valence-corrected chi connectivity index (χ0v) is 15.8. The Morgan fingerprint density at radius 2 is 1.81 bits per heavy atom. The van der Waals surface area contributed by atoms with Crippen molar-refractivity contribution in [3.05, 3.63) is 76.0 Å². The van der Waals surface area contributed by atoms with Crippen molar-refractivity contribution < 1.29 is 0 Å². The molecule has 2 aromatic heterocycles. The Hall–Kier alpha value is -2.75. The van der Waals surface area contributed by atoms with Crippen LogP contribution in [-0.2, 0) is 33.0 Å². The van der Waals surface area contributed by atoms with Crippen LogP contribution in [0.15, 0.2) is 53.5 Å². The lowest BCUT2D eigenvalue weighted by Crippen LogP contribution is -2.33. The van der Waals surface area contributed by atoms with Crippen molar-refractivity contribution in [2.75, 3.05) is 11.4 Å². The number of rotatable bonds is 2. The monoisotopic (exact) mass is 359 g/mol. The summed E-state index contributed by atoms with van der Waals surface area (Å²) in [7, 11) is 1.83. The molecular formula is C23H25N3O. The average Bonchev–Trinajstić information content (AvgIpc) is 3.08. The summed E-state index contributed by atoms with van der Waals surface area (Å²) >= 11 is 0. The molecule has 0 bridgehead atoms. The third kappa shape index (κ3) is 2.71. The molecule has 3 aromatic rings. The zero-order chi connectivity index (χ0) is 18.4. The van der Waals surface area contributed by atoms with Crippen LogP contribution >= 0.6 is 0 Å². The summed E-state index contributed by atoms with van der Waals surface area (Å²) in [6, 6.07) is 14.6. The second-order valence-corrected chi connectivity index (χ2v) is 7.75. The van der Waals surface area contributed by atoms with Gasteiger partial charge in [0.15, 0.2) is 0 Å². The fourth-order valence-electron chi connectivity index (χ4n) is 4.69. The van der Waals surface area contributed by atoms with E-state index in [1.54, 1.807) is 4.57 Å². The van der Waals surface area contributed by atoms with Gasteiger partial charge in [-0.15, -0.1) is 0 Å². The Bertz CT molecular complexity index is 1050. The van der Waals surface area contributed by atoms with Crippen LogP contribution in [0.1, 0.15) is 29.8 Å². The van der Waals surface area contributed by atoms with E-state index in [4.69, 9.17) is 0 Å².